The fraction of sp³-hybridized carbons (Fsp3) is 1.00. The van der Waals surface area contributed by atoms with Crippen molar-refractivity contribution in [3.8, 4) is 0 Å². The average Bonchev–Trinajstić information content (AvgIpc) is 1.58. The molecule has 1 aliphatic carbocycles. The first-order valence-electron chi connectivity index (χ1n) is 2.36. The smallest absolute Gasteiger partial charge is 0.0820 e. The topological polar surface area (TPSA) is 35.2 Å². The molecule has 0 saturated heterocycles. The summed E-state index contributed by atoms with van der Waals surface area (Å²) < 4.78 is 4.45. The van der Waals surface area contributed by atoms with E-state index in [1.54, 1.807) is 0 Å². The van der Waals surface area contributed by atoms with Crippen LogP contribution in [0.2, 0.25) is 0 Å². The first-order valence-corrected chi connectivity index (χ1v) is 2.66. The Labute approximate surface area is 47.8 Å². The van der Waals surface area contributed by atoms with Gasteiger partial charge in [-0.25, -0.2) is 0 Å². The molecule has 3 heteroatoms. The lowest BCUT2D eigenvalue weighted by Crippen LogP contribution is -2.40. The number of halogens is 1. The first-order chi connectivity index (χ1) is 3.33. The van der Waals surface area contributed by atoms with Crippen molar-refractivity contribution in [3.05, 3.63) is 0 Å². The Morgan fingerprint density at radius 3 is 2.29 bits per heavy atom. The highest BCUT2D eigenvalue weighted by Crippen LogP contribution is 2.21. The highest BCUT2D eigenvalue weighted by molar-refractivity contribution is 6.07. The molecule has 0 heterocycles. The van der Waals surface area contributed by atoms with Gasteiger partial charge in [-0.1, -0.05) is 0 Å². The maximum Gasteiger partial charge on any atom is 0.0820 e. The van der Waals surface area contributed by atoms with Gasteiger partial charge in [-0.05, 0) is 12.8 Å². The van der Waals surface area contributed by atoms with Crippen LogP contribution in [0.5, 0.6) is 0 Å². The molecule has 1 fully saturated rings. The van der Waals surface area contributed by atoms with Crippen molar-refractivity contribution in [1.82, 2.24) is 0 Å². The van der Waals surface area contributed by atoms with Gasteiger partial charge in [0.2, 0.25) is 0 Å². The van der Waals surface area contributed by atoms with Crippen LogP contribution in [0.4, 0.5) is 0 Å². The summed E-state index contributed by atoms with van der Waals surface area (Å²) in [5, 5.41) is 0. The largest absolute Gasteiger partial charge is 0.328 e. The number of hydrogen-bond acceptors (Lipinski definition) is 2. The Kier molecular flexibility index (Phi) is 1.52. The van der Waals surface area contributed by atoms with E-state index < -0.39 is 0 Å². The molecule has 0 bridgehead atoms. The molecule has 2 N–H and O–H groups in total. The van der Waals surface area contributed by atoms with E-state index in [0.29, 0.717) is 6.04 Å². The van der Waals surface area contributed by atoms with Gasteiger partial charge in [0.15, 0.2) is 0 Å². The van der Waals surface area contributed by atoms with Crippen LogP contribution in [0.15, 0.2) is 0 Å². The minimum absolute atomic E-state index is 0.233. The second-order valence-corrected chi connectivity index (χ2v) is 2.12. The second kappa shape index (κ2) is 1.99. The molecule has 7 heavy (non-hydrogen) atoms. The molecule has 0 amide bonds. The molecule has 0 aromatic heterocycles. The summed E-state index contributed by atoms with van der Waals surface area (Å²) >= 11 is 5.01. The molecule has 1 saturated carbocycles. The van der Waals surface area contributed by atoms with Crippen molar-refractivity contribution >= 4 is 11.9 Å². The summed E-state index contributed by atoms with van der Waals surface area (Å²) in [6, 6.07) is 0.337. The normalized spacial score (nSPS) is 40.3. The Morgan fingerprint density at radius 1 is 1.57 bits per heavy atom. The summed E-state index contributed by atoms with van der Waals surface area (Å²) in [6.07, 6.45) is 2.07. The lowest BCUT2D eigenvalue weighted by Gasteiger charge is -2.28. The van der Waals surface area contributed by atoms with Gasteiger partial charge in [-0.3, -0.25) is 4.29 Å². The highest BCUT2D eigenvalue weighted by Gasteiger charge is 2.26. The Hall–Kier alpha value is 0.210. The zero-order valence-electron chi connectivity index (χ0n) is 3.93. The number of rotatable bonds is 1. The molecule has 0 spiro atoms. The van der Waals surface area contributed by atoms with Crippen molar-refractivity contribution in [3.63, 3.8) is 0 Å². The first kappa shape index (κ1) is 5.35. The quantitative estimate of drug-likeness (QED) is 0.553. The summed E-state index contributed by atoms with van der Waals surface area (Å²) in [4.78, 5) is 0. The van der Waals surface area contributed by atoms with Gasteiger partial charge in [-0.2, -0.15) is 0 Å². The average molecular weight is 122 g/mol. The minimum Gasteiger partial charge on any atom is -0.328 e. The summed E-state index contributed by atoms with van der Waals surface area (Å²) in [6.45, 7) is 0. The third kappa shape index (κ3) is 1.06. The van der Waals surface area contributed by atoms with Crippen molar-refractivity contribution in [2.75, 3.05) is 0 Å². The Bertz CT molecular complexity index is 62.7. The van der Waals surface area contributed by atoms with Gasteiger partial charge in [0.25, 0.3) is 0 Å². The lowest BCUT2D eigenvalue weighted by atomic mass is 9.91. The molecule has 1 rings (SSSR count). The van der Waals surface area contributed by atoms with Crippen LogP contribution in [0.25, 0.3) is 0 Å². The maximum absolute atomic E-state index is 5.41. The zero-order chi connectivity index (χ0) is 5.28. The van der Waals surface area contributed by atoms with Crippen molar-refractivity contribution < 1.29 is 4.29 Å². The molecule has 0 atom stereocenters. The standard InChI is InChI=1S/C4H8ClNO/c5-7-4-1-3(6)2-4/h3-4H,1-2,6H2. The van der Waals surface area contributed by atoms with E-state index in [4.69, 9.17) is 17.6 Å². The van der Waals surface area contributed by atoms with E-state index in [9.17, 15) is 0 Å². The van der Waals surface area contributed by atoms with Gasteiger partial charge in [0.05, 0.1) is 18.0 Å². The van der Waals surface area contributed by atoms with Gasteiger partial charge < -0.3 is 5.73 Å². The molecule has 0 radical (unpaired) electrons. The predicted molar refractivity (Wildman–Crippen MR) is 27.9 cm³/mol. The predicted octanol–water partition coefficient (Wildman–Crippen LogP) is 0.646. The SMILES string of the molecule is NC1CC(OCl)C1. The Morgan fingerprint density at radius 2 is 2.14 bits per heavy atom. The number of nitrogens with two attached hydrogens (primary N) is 1. The molecule has 0 aromatic rings. The van der Waals surface area contributed by atoms with Crippen LogP contribution < -0.4 is 5.73 Å². The molecule has 2 nitrogen and oxygen atoms in total. The molecule has 42 valence electrons. The fourth-order valence-electron chi connectivity index (χ4n) is 0.679. The van der Waals surface area contributed by atoms with Crippen LogP contribution in [0.1, 0.15) is 12.8 Å². The molecule has 0 aromatic carbocycles. The lowest BCUT2D eigenvalue weighted by molar-refractivity contribution is 0.113. The second-order valence-electron chi connectivity index (χ2n) is 1.94. The van der Waals surface area contributed by atoms with E-state index in [1.807, 2.05) is 0 Å². The van der Waals surface area contributed by atoms with E-state index in [1.165, 1.54) is 0 Å². The van der Waals surface area contributed by atoms with Crippen molar-refractivity contribution in [1.29, 1.82) is 0 Å². The van der Waals surface area contributed by atoms with Crippen LogP contribution in [0.3, 0.4) is 0 Å². The van der Waals surface area contributed by atoms with E-state index >= 15 is 0 Å². The van der Waals surface area contributed by atoms with Crippen molar-refractivity contribution in [2.24, 2.45) is 5.73 Å². The number of hydrogen-bond donors (Lipinski definition) is 1. The van der Waals surface area contributed by atoms with E-state index in [-0.39, 0.29) is 6.10 Å². The highest BCUT2D eigenvalue weighted by atomic mass is 35.5. The summed E-state index contributed by atoms with van der Waals surface area (Å²) in [5.74, 6) is 0. The van der Waals surface area contributed by atoms with Gasteiger partial charge in [0, 0.05) is 6.04 Å². The van der Waals surface area contributed by atoms with Gasteiger partial charge >= 0.3 is 0 Å². The molecule has 0 aliphatic heterocycles. The molecular weight excluding hydrogens is 114 g/mol. The van der Waals surface area contributed by atoms with Crippen LogP contribution in [-0.2, 0) is 4.29 Å². The molecule has 1 aliphatic rings. The van der Waals surface area contributed by atoms with E-state index in [2.05, 4.69) is 4.29 Å². The van der Waals surface area contributed by atoms with E-state index in [0.717, 1.165) is 12.8 Å². The third-order valence-electron chi connectivity index (χ3n) is 1.26. The third-order valence-corrected chi connectivity index (χ3v) is 1.51. The fourth-order valence-corrected chi connectivity index (χ4v) is 0.825. The Balaban J connectivity index is 2.06. The summed E-state index contributed by atoms with van der Waals surface area (Å²) in [5.41, 5.74) is 5.41. The molecular formula is C4H8ClNO. The van der Waals surface area contributed by atoms with Crippen LogP contribution in [0, 0.1) is 0 Å². The zero-order valence-corrected chi connectivity index (χ0v) is 4.69. The van der Waals surface area contributed by atoms with Crippen LogP contribution in [-0.4, -0.2) is 12.1 Å². The van der Waals surface area contributed by atoms with Gasteiger partial charge in [-0.15, -0.1) is 0 Å². The monoisotopic (exact) mass is 121 g/mol. The van der Waals surface area contributed by atoms with Gasteiger partial charge in [0.1, 0.15) is 0 Å². The molecule has 0 unspecified atom stereocenters. The minimum atomic E-state index is 0.233. The summed E-state index contributed by atoms with van der Waals surface area (Å²) in [7, 11) is 0. The van der Waals surface area contributed by atoms with Crippen molar-refractivity contribution in [2.45, 2.75) is 25.0 Å². The maximum atomic E-state index is 5.41. The van der Waals surface area contributed by atoms with Crippen LogP contribution >= 0.6 is 11.9 Å².